The van der Waals surface area contributed by atoms with Crippen LogP contribution in [0.5, 0.6) is 0 Å². The molecule has 0 amide bonds. The lowest BCUT2D eigenvalue weighted by atomic mass is 9.84. The first-order valence-electron chi connectivity index (χ1n) is 6.38. The van der Waals surface area contributed by atoms with Crippen molar-refractivity contribution in [2.45, 2.75) is 31.3 Å². The summed E-state index contributed by atoms with van der Waals surface area (Å²) in [6.45, 7) is 7.85. The molecule has 17 heavy (non-hydrogen) atoms. The second kappa shape index (κ2) is 5.83. The zero-order chi connectivity index (χ0) is 12.1. The molecule has 0 bridgehead atoms. The zero-order valence-corrected chi connectivity index (χ0v) is 10.3. The molecule has 0 spiro atoms. The van der Waals surface area contributed by atoms with Crippen LogP contribution in [0.3, 0.4) is 0 Å². The van der Waals surface area contributed by atoms with Crippen LogP contribution in [0.4, 0.5) is 0 Å². The molecular weight excluding hydrogens is 206 g/mol. The van der Waals surface area contributed by atoms with Crippen LogP contribution in [-0.4, -0.2) is 12.1 Å². The highest BCUT2D eigenvalue weighted by molar-refractivity contribution is 5.17. The standard InChI is InChI=1S/C16H21N/c1-3-14-10-11-15(4-2)17-16(14)12-13-8-6-5-7-9-13/h3-9,14-17H,1-2,10-12H2/t14-,15-,16+/m1/s1. The summed E-state index contributed by atoms with van der Waals surface area (Å²) in [5.41, 5.74) is 1.39. The molecule has 90 valence electrons. The van der Waals surface area contributed by atoms with E-state index in [0.29, 0.717) is 18.0 Å². The SMILES string of the molecule is C=C[C@@H]1CC[C@@H](C=C)[C@H](Cc2ccccc2)N1. The average molecular weight is 227 g/mol. The van der Waals surface area contributed by atoms with Crippen molar-refractivity contribution in [2.75, 3.05) is 0 Å². The minimum absolute atomic E-state index is 0.458. The molecule has 0 aromatic heterocycles. The maximum absolute atomic E-state index is 3.96. The van der Waals surface area contributed by atoms with Crippen LogP contribution in [-0.2, 0) is 6.42 Å². The Bertz CT molecular complexity index is 368. The molecule has 1 aliphatic rings. The van der Waals surface area contributed by atoms with Crippen LogP contribution < -0.4 is 5.32 Å². The fourth-order valence-corrected chi connectivity index (χ4v) is 2.60. The maximum atomic E-state index is 3.96. The van der Waals surface area contributed by atoms with E-state index in [1.54, 1.807) is 0 Å². The molecule has 0 radical (unpaired) electrons. The zero-order valence-electron chi connectivity index (χ0n) is 10.3. The highest BCUT2D eigenvalue weighted by Gasteiger charge is 2.26. The molecule has 1 aliphatic heterocycles. The van der Waals surface area contributed by atoms with E-state index in [0.717, 1.165) is 6.42 Å². The van der Waals surface area contributed by atoms with Gasteiger partial charge in [0.2, 0.25) is 0 Å². The smallest absolute Gasteiger partial charge is 0.0250 e. The quantitative estimate of drug-likeness (QED) is 0.778. The number of piperidine rings is 1. The van der Waals surface area contributed by atoms with Crippen molar-refractivity contribution >= 4 is 0 Å². The van der Waals surface area contributed by atoms with Gasteiger partial charge < -0.3 is 5.32 Å². The third-order valence-electron chi connectivity index (χ3n) is 3.64. The minimum Gasteiger partial charge on any atom is -0.307 e. The Kier molecular flexibility index (Phi) is 4.16. The molecule has 2 rings (SSSR count). The number of nitrogens with one attached hydrogen (secondary N) is 1. The van der Waals surface area contributed by atoms with Gasteiger partial charge in [-0.25, -0.2) is 0 Å². The van der Waals surface area contributed by atoms with Crippen molar-refractivity contribution in [1.82, 2.24) is 5.32 Å². The Morgan fingerprint density at radius 1 is 1.12 bits per heavy atom. The Hall–Kier alpha value is -1.34. The summed E-state index contributed by atoms with van der Waals surface area (Å²) >= 11 is 0. The molecule has 1 aromatic rings. The van der Waals surface area contributed by atoms with Gasteiger partial charge in [-0.05, 0) is 30.7 Å². The van der Waals surface area contributed by atoms with Crippen molar-refractivity contribution < 1.29 is 0 Å². The first kappa shape index (κ1) is 12.1. The monoisotopic (exact) mass is 227 g/mol. The normalized spacial score (nSPS) is 28.6. The van der Waals surface area contributed by atoms with Crippen molar-refractivity contribution in [3.8, 4) is 0 Å². The van der Waals surface area contributed by atoms with Crippen LogP contribution in [0.2, 0.25) is 0 Å². The Balaban J connectivity index is 2.05. The van der Waals surface area contributed by atoms with Gasteiger partial charge in [-0.1, -0.05) is 42.5 Å². The molecule has 3 atom stereocenters. The summed E-state index contributed by atoms with van der Waals surface area (Å²) in [4.78, 5) is 0. The first-order valence-corrected chi connectivity index (χ1v) is 6.38. The summed E-state index contributed by atoms with van der Waals surface area (Å²) in [6.07, 6.45) is 7.58. The summed E-state index contributed by atoms with van der Waals surface area (Å²) < 4.78 is 0. The third kappa shape index (κ3) is 3.07. The summed E-state index contributed by atoms with van der Waals surface area (Å²) in [7, 11) is 0. The predicted molar refractivity (Wildman–Crippen MR) is 74.0 cm³/mol. The highest BCUT2D eigenvalue weighted by Crippen LogP contribution is 2.24. The minimum atomic E-state index is 0.458. The van der Waals surface area contributed by atoms with Crippen molar-refractivity contribution in [1.29, 1.82) is 0 Å². The van der Waals surface area contributed by atoms with Gasteiger partial charge >= 0.3 is 0 Å². The van der Waals surface area contributed by atoms with Gasteiger partial charge in [-0.15, -0.1) is 13.2 Å². The van der Waals surface area contributed by atoms with Crippen molar-refractivity contribution in [2.24, 2.45) is 5.92 Å². The maximum Gasteiger partial charge on any atom is 0.0250 e. The van der Waals surface area contributed by atoms with Crippen molar-refractivity contribution in [3.05, 3.63) is 61.2 Å². The molecule has 0 aliphatic carbocycles. The molecule has 1 heterocycles. The summed E-state index contributed by atoms with van der Waals surface area (Å²) in [6, 6.07) is 11.6. The molecule has 1 heteroatoms. The van der Waals surface area contributed by atoms with E-state index >= 15 is 0 Å². The Labute approximate surface area is 104 Å². The van der Waals surface area contributed by atoms with Gasteiger partial charge in [-0.3, -0.25) is 0 Å². The Morgan fingerprint density at radius 2 is 1.88 bits per heavy atom. The van der Waals surface area contributed by atoms with Crippen LogP contribution in [0, 0.1) is 5.92 Å². The van der Waals surface area contributed by atoms with Crippen LogP contribution in [0.1, 0.15) is 18.4 Å². The fourth-order valence-electron chi connectivity index (χ4n) is 2.60. The molecule has 1 nitrogen and oxygen atoms in total. The highest BCUT2D eigenvalue weighted by atomic mass is 15.0. The third-order valence-corrected chi connectivity index (χ3v) is 3.64. The topological polar surface area (TPSA) is 12.0 Å². The Morgan fingerprint density at radius 3 is 2.53 bits per heavy atom. The van der Waals surface area contributed by atoms with Gasteiger partial charge in [0.1, 0.15) is 0 Å². The van der Waals surface area contributed by atoms with E-state index in [2.05, 4.69) is 54.9 Å². The molecule has 0 unspecified atom stereocenters. The van der Waals surface area contributed by atoms with Gasteiger partial charge in [0.15, 0.2) is 0 Å². The average Bonchev–Trinajstić information content (AvgIpc) is 2.40. The van der Waals surface area contributed by atoms with Gasteiger partial charge in [0.25, 0.3) is 0 Å². The lowest BCUT2D eigenvalue weighted by Gasteiger charge is -2.35. The van der Waals surface area contributed by atoms with E-state index in [-0.39, 0.29) is 0 Å². The predicted octanol–water partition coefficient (Wildman–Crippen LogP) is 3.34. The molecule has 0 saturated carbocycles. The molecule has 1 aromatic carbocycles. The largest absolute Gasteiger partial charge is 0.307 e. The van der Waals surface area contributed by atoms with E-state index in [1.807, 2.05) is 6.08 Å². The van der Waals surface area contributed by atoms with Crippen LogP contribution in [0.25, 0.3) is 0 Å². The molecule has 1 N–H and O–H groups in total. The van der Waals surface area contributed by atoms with Crippen molar-refractivity contribution in [3.63, 3.8) is 0 Å². The number of rotatable bonds is 4. The molecule has 1 fully saturated rings. The lowest BCUT2D eigenvalue weighted by Crippen LogP contribution is -2.47. The van der Waals surface area contributed by atoms with Crippen LogP contribution in [0.15, 0.2) is 55.6 Å². The van der Waals surface area contributed by atoms with E-state index in [1.165, 1.54) is 18.4 Å². The summed E-state index contributed by atoms with van der Waals surface area (Å²) in [5, 5.41) is 3.66. The number of benzene rings is 1. The first-order chi connectivity index (χ1) is 8.33. The van der Waals surface area contributed by atoms with Gasteiger partial charge in [-0.2, -0.15) is 0 Å². The van der Waals surface area contributed by atoms with E-state index < -0.39 is 0 Å². The van der Waals surface area contributed by atoms with E-state index in [9.17, 15) is 0 Å². The molecular formula is C16H21N. The fraction of sp³-hybridized carbons (Fsp3) is 0.375. The van der Waals surface area contributed by atoms with Gasteiger partial charge in [0.05, 0.1) is 0 Å². The lowest BCUT2D eigenvalue weighted by molar-refractivity contribution is 0.292. The second-order valence-electron chi connectivity index (χ2n) is 4.78. The van der Waals surface area contributed by atoms with E-state index in [4.69, 9.17) is 0 Å². The molecule has 1 saturated heterocycles. The summed E-state index contributed by atoms with van der Waals surface area (Å²) in [5.74, 6) is 0.575. The van der Waals surface area contributed by atoms with Gasteiger partial charge in [0, 0.05) is 12.1 Å². The number of hydrogen-bond acceptors (Lipinski definition) is 1. The van der Waals surface area contributed by atoms with Crippen LogP contribution >= 0.6 is 0 Å². The second-order valence-corrected chi connectivity index (χ2v) is 4.78. The number of hydrogen-bond donors (Lipinski definition) is 1.